The van der Waals surface area contributed by atoms with E-state index >= 15 is 0 Å². The third-order valence-electron chi connectivity index (χ3n) is 4.05. The number of hydrogen-bond acceptors (Lipinski definition) is 6. The molecule has 0 atom stereocenters. The SMILES string of the molecule is OCCc1c(Cl)nc(N2CCOCC2)nc1NC1CCC1. The monoisotopic (exact) mass is 312 g/mol. The predicted octanol–water partition coefficient (Wildman–Crippen LogP) is 1.47. The second kappa shape index (κ2) is 6.77. The van der Waals surface area contributed by atoms with Gasteiger partial charge in [-0.3, -0.25) is 0 Å². The Hall–Kier alpha value is -1.11. The molecule has 1 saturated heterocycles. The Morgan fingerprint density at radius 2 is 2.05 bits per heavy atom. The highest BCUT2D eigenvalue weighted by molar-refractivity contribution is 6.30. The number of nitrogens with zero attached hydrogens (tertiary/aromatic N) is 3. The van der Waals surface area contributed by atoms with Crippen molar-refractivity contribution in [2.45, 2.75) is 31.7 Å². The lowest BCUT2D eigenvalue weighted by molar-refractivity contribution is 0.122. The topological polar surface area (TPSA) is 70.5 Å². The fourth-order valence-electron chi connectivity index (χ4n) is 2.55. The normalized spacial score (nSPS) is 19.4. The molecule has 0 radical (unpaired) electrons. The van der Waals surface area contributed by atoms with Crippen molar-refractivity contribution in [2.24, 2.45) is 0 Å². The van der Waals surface area contributed by atoms with Gasteiger partial charge in [-0.15, -0.1) is 0 Å². The van der Waals surface area contributed by atoms with Crippen molar-refractivity contribution in [2.75, 3.05) is 43.1 Å². The van der Waals surface area contributed by atoms with Crippen molar-refractivity contribution < 1.29 is 9.84 Å². The average Bonchev–Trinajstić information content (AvgIpc) is 2.46. The summed E-state index contributed by atoms with van der Waals surface area (Å²) in [4.78, 5) is 11.1. The van der Waals surface area contributed by atoms with E-state index in [4.69, 9.17) is 16.3 Å². The molecule has 0 aromatic carbocycles. The van der Waals surface area contributed by atoms with Gasteiger partial charge < -0.3 is 20.1 Å². The Balaban J connectivity index is 1.86. The van der Waals surface area contributed by atoms with E-state index in [1.54, 1.807) is 0 Å². The molecule has 116 valence electrons. The lowest BCUT2D eigenvalue weighted by atomic mass is 9.93. The van der Waals surface area contributed by atoms with Crippen molar-refractivity contribution in [3.63, 3.8) is 0 Å². The standard InChI is InChI=1S/C14H21ClN4O2/c15-12-11(4-7-20)13(16-10-2-1-3-10)18-14(17-12)19-5-8-21-9-6-19/h10,20H,1-9H2,(H,16,17,18). The van der Waals surface area contributed by atoms with Crippen molar-refractivity contribution >= 4 is 23.4 Å². The van der Waals surface area contributed by atoms with E-state index < -0.39 is 0 Å². The van der Waals surface area contributed by atoms with Gasteiger partial charge in [0.1, 0.15) is 11.0 Å². The molecule has 21 heavy (non-hydrogen) atoms. The molecule has 0 spiro atoms. The van der Waals surface area contributed by atoms with Crippen molar-refractivity contribution in [1.29, 1.82) is 0 Å². The molecule has 2 aliphatic rings. The summed E-state index contributed by atoms with van der Waals surface area (Å²) in [6, 6.07) is 0.464. The fraction of sp³-hybridized carbons (Fsp3) is 0.714. The van der Waals surface area contributed by atoms with E-state index in [-0.39, 0.29) is 6.61 Å². The maximum absolute atomic E-state index is 9.22. The highest BCUT2D eigenvalue weighted by atomic mass is 35.5. The maximum atomic E-state index is 9.22. The van der Waals surface area contributed by atoms with Crippen molar-refractivity contribution in [1.82, 2.24) is 9.97 Å². The maximum Gasteiger partial charge on any atom is 0.228 e. The molecule has 1 aromatic heterocycles. The molecule has 7 heteroatoms. The quantitative estimate of drug-likeness (QED) is 0.802. The third-order valence-corrected chi connectivity index (χ3v) is 4.36. The summed E-state index contributed by atoms with van der Waals surface area (Å²) in [6.07, 6.45) is 4.04. The molecular weight excluding hydrogens is 292 g/mol. The molecule has 1 saturated carbocycles. The molecule has 6 nitrogen and oxygen atoms in total. The van der Waals surface area contributed by atoms with Crippen LogP contribution in [0.15, 0.2) is 0 Å². The molecule has 1 aromatic rings. The predicted molar refractivity (Wildman–Crippen MR) is 82.1 cm³/mol. The van der Waals surface area contributed by atoms with Crippen LogP contribution in [-0.4, -0.2) is 54.0 Å². The van der Waals surface area contributed by atoms with E-state index in [9.17, 15) is 5.11 Å². The summed E-state index contributed by atoms with van der Waals surface area (Å²) in [5, 5.41) is 13.1. The van der Waals surface area contributed by atoms with Crippen molar-refractivity contribution in [3.8, 4) is 0 Å². The highest BCUT2D eigenvalue weighted by Crippen LogP contribution is 2.29. The van der Waals surface area contributed by atoms with Crippen LogP contribution in [0.4, 0.5) is 11.8 Å². The van der Waals surface area contributed by atoms with Crippen LogP contribution in [0.2, 0.25) is 5.15 Å². The fourth-order valence-corrected chi connectivity index (χ4v) is 2.81. The van der Waals surface area contributed by atoms with Crippen molar-refractivity contribution in [3.05, 3.63) is 10.7 Å². The Morgan fingerprint density at radius 1 is 1.29 bits per heavy atom. The second-order valence-corrected chi connectivity index (χ2v) is 5.84. The van der Waals surface area contributed by atoms with Crippen LogP contribution in [0, 0.1) is 0 Å². The molecule has 1 aliphatic carbocycles. The number of morpholine rings is 1. The van der Waals surface area contributed by atoms with Crippen LogP contribution < -0.4 is 10.2 Å². The lowest BCUT2D eigenvalue weighted by Gasteiger charge is -2.30. The van der Waals surface area contributed by atoms with Gasteiger partial charge >= 0.3 is 0 Å². The Labute approximate surface area is 129 Å². The third kappa shape index (κ3) is 3.39. The van der Waals surface area contributed by atoms with Crippen LogP contribution in [0.5, 0.6) is 0 Å². The number of aliphatic hydroxyl groups excluding tert-OH is 1. The van der Waals surface area contributed by atoms with E-state index in [1.807, 2.05) is 0 Å². The minimum absolute atomic E-state index is 0.0410. The van der Waals surface area contributed by atoms with E-state index in [1.165, 1.54) is 6.42 Å². The summed E-state index contributed by atoms with van der Waals surface area (Å²) in [6.45, 7) is 2.96. The molecule has 2 fully saturated rings. The number of aliphatic hydroxyl groups is 1. The van der Waals surface area contributed by atoms with Gasteiger partial charge in [-0.2, -0.15) is 4.98 Å². The number of rotatable bonds is 5. The van der Waals surface area contributed by atoms with Gasteiger partial charge in [0.2, 0.25) is 5.95 Å². The molecule has 0 unspecified atom stereocenters. The number of anilines is 2. The molecule has 1 aliphatic heterocycles. The molecule has 0 amide bonds. The van der Waals surface area contributed by atoms with Crippen LogP contribution >= 0.6 is 11.6 Å². The number of aromatic nitrogens is 2. The first kappa shape index (κ1) is 14.8. The molecule has 3 rings (SSSR count). The number of hydrogen-bond donors (Lipinski definition) is 2. The van der Waals surface area contributed by atoms with Crippen LogP contribution in [-0.2, 0) is 11.2 Å². The number of nitrogens with one attached hydrogen (secondary N) is 1. The largest absolute Gasteiger partial charge is 0.396 e. The van der Waals surface area contributed by atoms with Crippen LogP contribution in [0.1, 0.15) is 24.8 Å². The second-order valence-electron chi connectivity index (χ2n) is 5.49. The number of ether oxygens (including phenoxy) is 1. The smallest absolute Gasteiger partial charge is 0.228 e. The van der Waals surface area contributed by atoms with E-state index in [2.05, 4.69) is 20.2 Å². The molecular formula is C14H21ClN4O2. The van der Waals surface area contributed by atoms with Gasteiger partial charge in [0.15, 0.2) is 0 Å². The average molecular weight is 313 g/mol. The lowest BCUT2D eigenvalue weighted by Crippen LogP contribution is -2.38. The molecule has 2 heterocycles. The zero-order valence-electron chi connectivity index (χ0n) is 12.0. The van der Waals surface area contributed by atoms with E-state index in [0.29, 0.717) is 36.8 Å². The van der Waals surface area contributed by atoms with Gasteiger partial charge in [0.25, 0.3) is 0 Å². The summed E-state index contributed by atoms with van der Waals surface area (Å²) >= 11 is 6.32. The Morgan fingerprint density at radius 3 is 2.67 bits per heavy atom. The minimum atomic E-state index is 0.0410. The number of halogens is 1. The summed E-state index contributed by atoms with van der Waals surface area (Å²) in [7, 11) is 0. The van der Waals surface area contributed by atoms with Gasteiger partial charge in [0, 0.05) is 37.7 Å². The summed E-state index contributed by atoms with van der Waals surface area (Å²) in [5.74, 6) is 1.42. The minimum Gasteiger partial charge on any atom is -0.396 e. The Kier molecular flexibility index (Phi) is 4.77. The molecule has 2 N–H and O–H groups in total. The Bertz CT molecular complexity index is 490. The summed E-state index contributed by atoms with van der Waals surface area (Å²) in [5.41, 5.74) is 0.808. The van der Waals surface area contributed by atoms with E-state index in [0.717, 1.165) is 37.3 Å². The van der Waals surface area contributed by atoms with Gasteiger partial charge in [-0.05, 0) is 19.3 Å². The summed E-state index contributed by atoms with van der Waals surface area (Å²) < 4.78 is 5.36. The first-order valence-corrected chi connectivity index (χ1v) is 7.92. The van der Waals surface area contributed by atoms with Gasteiger partial charge in [-0.1, -0.05) is 11.6 Å². The zero-order chi connectivity index (χ0) is 14.7. The first-order chi connectivity index (χ1) is 10.3. The highest BCUT2D eigenvalue weighted by Gasteiger charge is 2.23. The van der Waals surface area contributed by atoms with Crippen LogP contribution in [0.25, 0.3) is 0 Å². The first-order valence-electron chi connectivity index (χ1n) is 7.54. The van der Waals surface area contributed by atoms with Gasteiger partial charge in [-0.25, -0.2) is 4.98 Å². The van der Waals surface area contributed by atoms with Crippen LogP contribution in [0.3, 0.4) is 0 Å². The zero-order valence-corrected chi connectivity index (χ0v) is 12.8. The molecule has 0 bridgehead atoms. The van der Waals surface area contributed by atoms with Gasteiger partial charge in [0.05, 0.1) is 13.2 Å².